The molecule has 1 aliphatic heterocycles. The van der Waals surface area contributed by atoms with Crippen LogP contribution >= 0.6 is 0 Å². The zero-order valence-electron chi connectivity index (χ0n) is 19.8. The molecule has 9 heteroatoms. The number of fused-ring (bicyclic) bond motifs is 1. The summed E-state index contributed by atoms with van der Waals surface area (Å²) in [5, 5.41) is 6.66. The second-order valence-electron chi connectivity index (χ2n) is 9.50. The highest BCUT2D eigenvalue weighted by atomic mass is 19.1. The van der Waals surface area contributed by atoms with E-state index in [0.717, 1.165) is 49.7 Å². The molecular formula is C26H29FN8. The first-order valence-electron chi connectivity index (χ1n) is 12.2. The number of benzene rings is 2. The Balaban J connectivity index is 1.28. The second kappa shape index (κ2) is 9.14. The minimum absolute atomic E-state index is 0.278. The van der Waals surface area contributed by atoms with E-state index in [2.05, 4.69) is 61.3 Å². The molecule has 0 spiro atoms. The summed E-state index contributed by atoms with van der Waals surface area (Å²) < 4.78 is 15.5. The van der Waals surface area contributed by atoms with E-state index in [1.807, 2.05) is 6.33 Å². The van der Waals surface area contributed by atoms with Crippen molar-refractivity contribution < 1.29 is 4.39 Å². The van der Waals surface area contributed by atoms with Gasteiger partial charge in [-0.3, -0.25) is 0 Å². The summed E-state index contributed by atoms with van der Waals surface area (Å²) in [7, 11) is 2.16. The normalized spacial score (nSPS) is 16.6. The molecule has 2 aliphatic rings. The van der Waals surface area contributed by atoms with Gasteiger partial charge < -0.3 is 25.0 Å². The molecule has 0 radical (unpaired) electrons. The number of anilines is 5. The summed E-state index contributed by atoms with van der Waals surface area (Å²) in [5.74, 6) is 1.49. The molecule has 3 heterocycles. The molecule has 0 bridgehead atoms. The van der Waals surface area contributed by atoms with Crippen molar-refractivity contribution in [2.75, 3.05) is 48.8 Å². The van der Waals surface area contributed by atoms with Crippen molar-refractivity contribution in [2.45, 2.75) is 19.4 Å². The highest BCUT2D eigenvalue weighted by Gasteiger charge is 2.24. The van der Waals surface area contributed by atoms with E-state index < -0.39 is 0 Å². The maximum atomic E-state index is 13.4. The molecule has 0 amide bonds. The summed E-state index contributed by atoms with van der Waals surface area (Å²) in [6, 6.07) is 14.6. The highest BCUT2D eigenvalue weighted by molar-refractivity contribution is 5.87. The third-order valence-electron chi connectivity index (χ3n) is 6.71. The van der Waals surface area contributed by atoms with Crippen molar-refractivity contribution in [3.8, 4) is 0 Å². The second-order valence-corrected chi connectivity index (χ2v) is 9.50. The average molecular weight is 473 g/mol. The van der Waals surface area contributed by atoms with Gasteiger partial charge in [0.25, 0.3) is 0 Å². The first-order valence-corrected chi connectivity index (χ1v) is 12.2. The van der Waals surface area contributed by atoms with Crippen molar-refractivity contribution >= 4 is 40.0 Å². The maximum Gasteiger partial charge on any atom is 0.231 e. The molecule has 1 saturated heterocycles. The summed E-state index contributed by atoms with van der Waals surface area (Å²) >= 11 is 0. The van der Waals surface area contributed by atoms with Crippen LogP contribution in [-0.4, -0.2) is 57.6 Å². The predicted octanol–water partition coefficient (Wildman–Crippen LogP) is 4.61. The predicted molar refractivity (Wildman–Crippen MR) is 137 cm³/mol. The van der Waals surface area contributed by atoms with Crippen LogP contribution in [0.5, 0.6) is 0 Å². The van der Waals surface area contributed by atoms with Crippen molar-refractivity contribution in [1.82, 2.24) is 24.4 Å². The van der Waals surface area contributed by atoms with Gasteiger partial charge in [0, 0.05) is 49.8 Å². The van der Waals surface area contributed by atoms with Crippen molar-refractivity contribution in [1.29, 1.82) is 0 Å². The smallest absolute Gasteiger partial charge is 0.231 e. The monoisotopic (exact) mass is 472 g/mol. The summed E-state index contributed by atoms with van der Waals surface area (Å²) in [6.07, 6.45) is 4.33. The van der Waals surface area contributed by atoms with Gasteiger partial charge >= 0.3 is 0 Å². The molecule has 35 heavy (non-hydrogen) atoms. The van der Waals surface area contributed by atoms with E-state index in [1.165, 1.54) is 30.7 Å². The average Bonchev–Trinajstić information content (AvgIpc) is 3.60. The molecule has 2 aromatic heterocycles. The fraction of sp³-hybridized carbons (Fsp3) is 0.346. The van der Waals surface area contributed by atoms with Gasteiger partial charge in [-0.15, -0.1) is 0 Å². The molecule has 1 aliphatic carbocycles. The lowest BCUT2D eigenvalue weighted by atomic mass is 10.2. The van der Waals surface area contributed by atoms with Crippen LogP contribution in [0.4, 0.5) is 33.2 Å². The third-order valence-corrected chi connectivity index (χ3v) is 6.71. The fourth-order valence-corrected chi connectivity index (χ4v) is 4.42. The van der Waals surface area contributed by atoms with E-state index in [0.29, 0.717) is 23.2 Å². The number of nitrogens with zero attached hydrogens (tertiary/aromatic N) is 6. The topological polar surface area (TPSA) is 74.1 Å². The standard InChI is InChI=1S/C26H29FN8/c1-33-12-14-34(15-13-33)22-10-8-21(9-11-22)30-26-31-24(29-20-6-4-19(27)5-7-20)23-25(32-26)35(17-28-23)16-18-2-3-18/h4-11,17-18H,2-3,12-16H2,1H3,(H2,29,30,31,32). The molecule has 4 aromatic rings. The van der Waals surface area contributed by atoms with E-state index >= 15 is 0 Å². The minimum atomic E-state index is -0.278. The number of nitrogens with one attached hydrogen (secondary N) is 2. The SMILES string of the molecule is CN1CCN(c2ccc(Nc3nc(Nc4ccc(F)cc4)c4ncn(CC5CC5)c4n3)cc2)CC1. The lowest BCUT2D eigenvalue weighted by molar-refractivity contribution is 0.313. The first-order chi connectivity index (χ1) is 17.1. The van der Waals surface area contributed by atoms with Gasteiger partial charge in [-0.1, -0.05) is 0 Å². The molecule has 2 fully saturated rings. The number of hydrogen-bond donors (Lipinski definition) is 2. The van der Waals surface area contributed by atoms with Crippen molar-refractivity contribution in [3.05, 3.63) is 60.7 Å². The highest BCUT2D eigenvalue weighted by Crippen LogP contribution is 2.33. The molecule has 0 unspecified atom stereocenters. The molecule has 180 valence electrons. The Morgan fingerprint density at radius 3 is 2.29 bits per heavy atom. The third kappa shape index (κ3) is 4.90. The van der Waals surface area contributed by atoms with Crippen molar-refractivity contribution in [2.24, 2.45) is 5.92 Å². The Morgan fingerprint density at radius 2 is 1.57 bits per heavy atom. The number of likely N-dealkylation sites (N-methyl/N-ethyl adjacent to an activating group) is 1. The van der Waals surface area contributed by atoms with Crippen LogP contribution in [0.25, 0.3) is 11.2 Å². The van der Waals surface area contributed by atoms with Gasteiger partial charge in [0.2, 0.25) is 5.95 Å². The Kier molecular flexibility index (Phi) is 5.69. The van der Waals surface area contributed by atoms with Gasteiger partial charge in [-0.25, -0.2) is 9.37 Å². The van der Waals surface area contributed by atoms with Crippen LogP contribution in [0.3, 0.4) is 0 Å². The van der Waals surface area contributed by atoms with Crippen molar-refractivity contribution in [3.63, 3.8) is 0 Å². The number of rotatable bonds is 7. The largest absolute Gasteiger partial charge is 0.369 e. The van der Waals surface area contributed by atoms with E-state index in [9.17, 15) is 4.39 Å². The van der Waals surface area contributed by atoms with E-state index in [1.54, 1.807) is 12.1 Å². The lowest BCUT2D eigenvalue weighted by Crippen LogP contribution is -2.44. The Labute approximate surface area is 203 Å². The number of piperazine rings is 1. The van der Waals surface area contributed by atoms with Crippen LogP contribution in [0.2, 0.25) is 0 Å². The van der Waals surface area contributed by atoms with E-state index in [-0.39, 0.29) is 5.82 Å². The van der Waals surface area contributed by atoms with Crippen LogP contribution in [0.15, 0.2) is 54.9 Å². The fourth-order valence-electron chi connectivity index (χ4n) is 4.42. The number of hydrogen-bond acceptors (Lipinski definition) is 7. The molecule has 0 atom stereocenters. The molecule has 6 rings (SSSR count). The summed E-state index contributed by atoms with van der Waals surface area (Å²) in [6.45, 7) is 5.13. The summed E-state index contributed by atoms with van der Waals surface area (Å²) in [5.41, 5.74) is 4.37. The Hall–Kier alpha value is -3.72. The lowest BCUT2D eigenvalue weighted by Gasteiger charge is -2.34. The Morgan fingerprint density at radius 1 is 0.886 bits per heavy atom. The Bertz CT molecular complexity index is 1310. The minimum Gasteiger partial charge on any atom is -0.369 e. The van der Waals surface area contributed by atoms with Gasteiger partial charge in [-0.05, 0) is 74.3 Å². The molecular weight excluding hydrogens is 443 g/mol. The van der Waals surface area contributed by atoms with Gasteiger partial charge in [-0.2, -0.15) is 9.97 Å². The van der Waals surface area contributed by atoms with E-state index in [4.69, 9.17) is 9.97 Å². The van der Waals surface area contributed by atoms with Crippen LogP contribution in [0, 0.1) is 11.7 Å². The zero-order chi connectivity index (χ0) is 23.8. The summed E-state index contributed by atoms with van der Waals surface area (Å²) in [4.78, 5) is 18.9. The first kappa shape index (κ1) is 21.8. The molecule has 2 N–H and O–H groups in total. The molecule has 2 aromatic carbocycles. The van der Waals surface area contributed by atoms with Gasteiger partial charge in [0.05, 0.1) is 6.33 Å². The quantitative estimate of drug-likeness (QED) is 0.407. The van der Waals surface area contributed by atoms with Gasteiger partial charge in [0.1, 0.15) is 5.82 Å². The van der Waals surface area contributed by atoms with Crippen LogP contribution < -0.4 is 15.5 Å². The van der Waals surface area contributed by atoms with Crippen LogP contribution in [0.1, 0.15) is 12.8 Å². The number of halogens is 1. The number of imidazole rings is 1. The number of aromatic nitrogens is 4. The van der Waals surface area contributed by atoms with Crippen LogP contribution in [-0.2, 0) is 6.54 Å². The van der Waals surface area contributed by atoms with Gasteiger partial charge in [0.15, 0.2) is 17.0 Å². The zero-order valence-corrected chi connectivity index (χ0v) is 19.8. The molecule has 8 nitrogen and oxygen atoms in total. The molecule has 1 saturated carbocycles. The maximum absolute atomic E-state index is 13.4.